The van der Waals surface area contributed by atoms with E-state index in [0.717, 1.165) is 23.9 Å². The Morgan fingerprint density at radius 1 is 1.36 bits per heavy atom. The molecule has 1 saturated heterocycles. The van der Waals surface area contributed by atoms with Gasteiger partial charge in [0.05, 0.1) is 5.75 Å². The lowest BCUT2D eigenvalue weighted by Gasteiger charge is -2.16. The van der Waals surface area contributed by atoms with Crippen molar-refractivity contribution in [2.24, 2.45) is 0 Å². The maximum atomic E-state index is 11.9. The van der Waals surface area contributed by atoms with Crippen LogP contribution in [0.3, 0.4) is 0 Å². The molecule has 22 heavy (non-hydrogen) atoms. The van der Waals surface area contributed by atoms with Gasteiger partial charge in [-0.15, -0.1) is 0 Å². The fourth-order valence-corrected chi connectivity index (χ4v) is 2.93. The molecule has 2 aromatic rings. The number of nitrogens with one attached hydrogen (secondary N) is 1. The topological polar surface area (TPSA) is 84.2 Å². The highest BCUT2D eigenvalue weighted by atomic mass is 32.2. The Morgan fingerprint density at radius 3 is 2.91 bits per heavy atom. The summed E-state index contributed by atoms with van der Waals surface area (Å²) in [5.41, 5.74) is 0. The van der Waals surface area contributed by atoms with Gasteiger partial charge in [0.1, 0.15) is 22.9 Å². The molecule has 0 atom stereocenters. The molecule has 1 N–H and O–H groups in total. The molecule has 0 unspecified atom stereocenters. The largest absolute Gasteiger partial charge is 0.360 e. The average Bonchev–Trinajstić information content (AvgIpc) is 3.17. The van der Waals surface area contributed by atoms with E-state index in [9.17, 15) is 4.79 Å². The monoisotopic (exact) mass is 319 g/mol. The van der Waals surface area contributed by atoms with Crippen molar-refractivity contribution in [3.63, 3.8) is 0 Å². The second kappa shape index (κ2) is 6.78. The van der Waals surface area contributed by atoms with Crippen LogP contribution in [0.2, 0.25) is 0 Å². The lowest BCUT2D eigenvalue weighted by atomic mass is 10.4. The lowest BCUT2D eigenvalue weighted by molar-refractivity contribution is -0.113. The fraction of sp³-hybridized carbons (Fsp3) is 0.429. The van der Waals surface area contributed by atoms with Gasteiger partial charge in [0.15, 0.2) is 5.82 Å². The number of aromatic nitrogens is 3. The number of aryl methyl sites for hydroxylation is 1. The minimum Gasteiger partial charge on any atom is -0.360 e. The van der Waals surface area contributed by atoms with Crippen molar-refractivity contribution in [2.45, 2.75) is 24.8 Å². The summed E-state index contributed by atoms with van der Waals surface area (Å²) in [5, 5.41) is 7.21. The third-order valence-electron chi connectivity index (χ3n) is 3.30. The average molecular weight is 319 g/mol. The summed E-state index contributed by atoms with van der Waals surface area (Å²) in [7, 11) is 0. The van der Waals surface area contributed by atoms with E-state index in [0.29, 0.717) is 11.6 Å². The van der Waals surface area contributed by atoms with Crippen LogP contribution in [-0.2, 0) is 4.79 Å². The summed E-state index contributed by atoms with van der Waals surface area (Å²) in [6.07, 6.45) is 3.95. The SMILES string of the molecule is Cc1cc(NC(=O)CSc2cc(N3CCCC3)ncn2)no1. The summed E-state index contributed by atoms with van der Waals surface area (Å²) in [6.45, 7) is 3.85. The van der Waals surface area contributed by atoms with Crippen LogP contribution in [0.5, 0.6) is 0 Å². The van der Waals surface area contributed by atoms with Crippen LogP contribution in [0.4, 0.5) is 11.6 Å². The molecule has 8 heteroatoms. The van der Waals surface area contributed by atoms with Crippen LogP contribution in [0.25, 0.3) is 0 Å². The van der Waals surface area contributed by atoms with Gasteiger partial charge in [-0.25, -0.2) is 9.97 Å². The highest BCUT2D eigenvalue weighted by molar-refractivity contribution is 7.99. The molecule has 3 heterocycles. The predicted molar refractivity (Wildman–Crippen MR) is 84.1 cm³/mol. The molecule has 116 valence electrons. The van der Waals surface area contributed by atoms with Gasteiger partial charge in [0, 0.05) is 25.2 Å². The number of rotatable bonds is 5. The van der Waals surface area contributed by atoms with Crippen LogP contribution in [-0.4, -0.2) is 39.9 Å². The molecular formula is C14H17N5O2S. The zero-order valence-electron chi connectivity index (χ0n) is 12.3. The Bertz CT molecular complexity index is 654. The van der Waals surface area contributed by atoms with Gasteiger partial charge in [-0.3, -0.25) is 4.79 Å². The normalized spacial score (nSPS) is 14.3. The summed E-state index contributed by atoms with van der Waals surface area (Å²) in [5.74, 6) is 2.15. The number of hydrogen-bond donors (Lipinski definition) is 1. The van der Waals surface area contributed by atoms with Gasteiger partial charge in [0.25, 0.3) is 0 Å². The van der Waals surface area contributed by atoms with Crippen molar-refractivity contribution >= 4 is 29.3 Å². The Kier molecular flexibility index (Phi) is 4.57. The van der Waals surface area contributed by atoms with Gasteiger partial charge in [-0.1, -0.05) is 16.9 Å². The molecule has 1 amide bonds. The van der Waals surface area contributed by atoms with E-state index in [2.05, 4.69) is 25.3 Å². The lowest BCUT2D eigenvalue weighted by Crippen LogP contribution is -2.19. The predicted octanol–water partition coefficient (Wildman–Crippen LogP) is 2.10. The Morgan fingerprint density at radius 2 is 2.18 bits per heavy atom. The molecule has 0 spiro atoms. The van der Waals surface area contributed by atoms with E-state index in [1.807, 2.05) is 6.07 Å². The fourth-order valence-electron chi connectivity index (χ4n) is 2.27. The van der Waals surface area contributed by atoms with Gasteiger partial charge in [0.2, 0.25) is 5.91 Å². The second-order valence-electron chi connectivity index (χ2n) is 5.07. The molecule has 0 aromatic carbocycles. The molecule has 1 aliphatic rings. The summed E-state index contributed by atoms with van der Waals surface area (Å²) >= 11 is 1.38. The Labute approximate surface area is 132 Å². The number of nitrogens with zero attached hydrogens (tertiary/aromatic N) is 4. The number of carbonyl (C=O) groups is 1. The minimum absolute atomic E-state index is 0.139. The van der Waals surface area contributed by atoms with Crippen LogP contribution in [0.1, 0.15) is 18.6 Å². The Balaban J connectivity index is 1.54. The summed E-state index contributed by atoms with van der Waals surface area (Å²) < 4.78 is 4.90. The van der Waals surface area contributed by atoms with Crippen molar-refractivity contribution < 1.29 is 9.32 Å². The highest BCUT2D eigenvalue weighted by Gasteiger charge is 2.14. The second-order valence-corrected chi connectivity index (χ2v) is 6.06. The highest BCUT2D eigenvalue weighted by Crippen LogP contribution is 2.22. The zero-order chi connectivity index (χ0) is 15.4. The van der Waals surface area contributed by atoms with Crippen LogP contribution in [0.15, 0.2) is 28.0 Å². The third kappa shape index (κ3) is 3.76. The van der Waals surface area contributed by atoms with Crippen molar-refractivity contribution in [2.75, 3.05) is 29.1 Å². The molecule has 3 rings (SSSR count). The first-order valence-electron chi connectivity index (χ1n) is 7.14. The van der Waals surface area contributed by atoms with E-state index in [4.69, 9.17) is 4.52 Å². The number of anilines is 2. The Hall–Kier alpha value is -2.09. The maximum absolute atomic E-state index is 11.9. The van der Waals surface area contributed by atoms with Crippen molar-refractivity contribution in [3.05, 3.63) is 24.2 Å². The zero-order valence-corrected chi connectivity index (χ0v) is 13.1. The molecule has 1 aliphatic heterocycles. The molecular weight excluding hydrogens is 302 g/mol. The molecule has 0 saturated carbocycles. The molecule has 2 aromatic heterocycles. The van der Waals surface area contributed by atoms with Gasteiger partial charge in [-0.2, -0.15) is 0 Å². The first kappa shape index (κ1) is 14.8. The quantitative estimate of drug-likeness (QED) is 0.667. The van der Waals surface area contributed by atoms with Gasteiger partial charge >= 0.3 is 0 Å². The molecule has 0 bridgehead atoms. The number of amides is 1. The van der Waals surface area contributed by atoms with Crippen molar-refractivity contribution in [1.29, 1.82) is 0 Å². The summed E-state index contributed by atoms with van der Waals surface area (Å²) in [4.78, 5) is 22.6. The van der Waals surface area contributed by atoms with Crippen molar-refractivity contribution in [3.8, 4) is 0 Å². The van der Waals surface area contributed by atoms with E-state index in [-0.39, 0.29) is 11.7 Å². The molecule has 1 fully saturated rings. The van der Waals surface area contributed by atoms with Crippen LogP contribution in [0, 0.1) is 6.92 Å². The maximum Gasteiger partial charge on any atom is 0.236 e. The van der Waals surface area contributed by atoms with E-state index < -0.39 is 0 Å². The van der Waals surface area contributed by atoms with Gasteiger partial charge < -0.3 is 14.7 Å². The first-order chi connectivity index (χ1) is 10.7. The third-order valence-corrected chi connectivity index (χ3v) is 4.23. The first-order valence-corrected chi connectivity index (χ1v) is 8.12. The van der Waals surface area contributed by atoms with Crippen LogP contribution >= 0.6 is 11.8 Å². The van der Waals surface area contributed by atoms with E-state index in [1.165, 1.54) is 24.6 Å². The van der Waals surface area contributed by atoms with E-state index >= 15 is 0 Å². The molecule has 7 nitrogen and oxygen atoms in total. The summed E-state index contributed by atoms with van der Waals surface area (Å²) in [6, 6.07) is 3.61. The van der Waals surface area contributed by atoms with Crippen LogP contribution < -0.4 is 10.2 Å². The van der Waals surface area contributed by atoms with Gasteiger partial charge in [-0.05, 0) is 19.8 Å². The molecule has 0 radical (unpaired) electrons. The van der Waals surface area contributed by atoms with E-state index in [1.54, 1.807) is 19.3 Å². The van der Waals surface area contributed by atoms with Crippen molar-refractivity contribution in [1.82, 2.24) is 15.1 Å². The standard InChI is InChI=1S/C14H17N5O2S/c1-10-6-11(18-21-10)17-13(20)8-22-14-7-12(15-9-16-14)19-4-2-3-5-19/h6-7,9H,2-5,8H2,1H3,(H,17,18,20). The number of thioether (sulfide) groups is 1. The minimum atomic E-state index is -0.139. The molecule has 0 aliphatic carbocycles. The smallest absolute Gasteiger partial charge is 0.236 e. The number of hydrogen-bond acceptors (Lipinski definition) is 7. The number of carbonyl (C=O) groups excluding carboxylic acids is 1.